The van der Waals surface area contributed by atoms with Crippen LogP contribution in [0.1, 0.15) is 44.4 Å². The highest BCUT2D eigenvalue weighted by Crippen LogP contribution is 2.31. The minimum atomic E-state index is -0.273. The summed E-state index contributed by atoms with van der Waals surface area (Å²) < 4.78 is 0. The number of aryl methyl sites for hydroxylation is 2. The van der Waals surface area contributed by atoms with Crippen LogP contribution in [-0.2, 0) is 15.0 Å². The van der Waals surface area contributed by atoms with Crippen molar-refractivity contribution in [2.24, 2.45) is 0 Å². The number of benzene rings is 2. The van der Waals surface area contributed by atoms with Gasteiger partial charge in [-0.2, -0.15) is 0 Å². The molecule has 0 fully saturated rings. The first kappa shape index (κ1) is 21.0. The molecule has 1 N–H and O–H groups in total. The van der Waals surface area contributed by atoms with Gasteiger partial charge in [0, 0.05) is 12.6 Å². The number of carbonyl (C=O) groups excluding carboxylic acids is 2. The summed E-state index contributed by atoms with van der Waals surface area (Å²) in [5, 5.41) is 3.31. The van der Waals surface area contributed by atoms with E-state index in [9.17, 15) is 9.59 Å². The number of halogens is 1. The lowest BCUT2D eigenvalue weighted by molar-refractivity contribution is -0.120. The summed E-state index contributed by atoms with van der Waals surface area (Å²) >= 11 is 6.35. The number of carbonyl (C=O) groups is 2. The van der Waals surface area contributed by atoms with E-state index < -0.39 is 0 Å². The standard InChI is InChI=1S/C22H27ClN2O2/c1-14-11-15(2)21(19(23)12-14)25(16(3)26)13-20(27)24-18-9-7-17(8-10-18)22(4,5)6/h7-12H,13H2,1-6H3,(H,24,27). The largest absolute Gasteiger partial charge is 0.325 e. The van der Waals surface area contributed by atoms with E-state index in [1.54, 1.807) is 6.07 Å². The normalized spacial score (nSPS) is 11.2. The predicted octanol–water partition coefficient (Wildman–Crippen LogP) is 5.25. The number of anilines is 2. The van der Waals surface area contributed by atoms with Crippen molar-refractivity contribution in [3.8, 4) is 0 Å². The number of amides is 2. The van der Waals surface area contributed by atoms with Crippen LogP contribution in [0.15, 0.2) is 36.4 Å². The third-order valence-electron chi connectivity index (χ3n) is 4.38. The van der Waals surface area contributed by atoms with Crippen LogP contribution in [0.2, 0.25) is 5.02 Å². The Hall–Kier alpha value is -2.33. The van der Waals surface area contributed by atoms with E-state index in [0.29, 0.717) is 16.4 Å². The average molecular weight is 387 g/mol. The van der Waals surface area contributed by atoms with E-state index in [2.05, 4.69) is 26.1 Å². The van der Waals surface area contributed by atoms with Crippen molar-refractivity contribution in [1.82, 2.24) is 0 Å². The predicted molar refractivity (Wildman–Crippen MR) is 113 cm³/mol. The minimum Gasteiger partial charge on any atom is -0.325 e. The molecule has 2 amide bonds. The maximum Gasteiger partial charge on any atom is 0.244 e. The van der Waals surface area contributed by atoms with E-state index in [1.807, 2.05) is 44.2 Å². The first-order valence-electron chi connectivity index (χ1n) is 8.94. The van der Waals surface area contributed by atoms with Crippen molar-refractivity contribution >= 4 is 34.8 Å². The van der Waals surface area contributed by atoms with Crippen molar-refractivity contribution in [1.29, 1.82) is 0 Å². The maximum absolute atomic E-state index is 12.5. The summed E-state index contributed by atoms with van der Waals surface area (Å²) in [5.74, 6) is -0.508. The molecule has 4 nitrogen and oxygen atoms in total. The molecule has 144 valence electrons. The van der Waals surface area contributed by atoms with Gasteiger partial charge in [-0.25, -0.2) is 0 Å². The molecule has 0 aliphatic carbocycles. The topological polar surface area (TPSA) is 49.4 Å². The van der Waals surface area contributed by atoms with Gasteiger partial charge in [-0.05, 0) is 54.2 Å². The van der Waals surface area contributed by atoms with Gasteiger partial charge >= 0.3 is 0 Å². The van der Waals surface area contributed by atoms with Gasteiger partial charge in [0.2, 0.25) is 11.8 Å². The molecule has 0 saturated carbocycles. The number of hydrogen-bond donors (Lipinski definition) is 1. The van der Waals surface area contributed by atoms with Gasteiger partial charge in [0.05, 0.1) is 10.7 Å². The molecule has 0 aromatic heterocycles. The van der Waals surface area contributed by atoms with Gasteiger partial charge < -0.3 is 10.2 Å². The van der Waals surface area contributed by atoms with Crippen LogP contribution >= 0.6 is 11.6 Å². The van der Waals surface area contributed by atoms with E-state index in [0.717, 1.165) is 11.1 Å². The number of hydrogen-bond acceptors (Lipinski definition) is 2. The lowest BCUT2D eigenvalue weighted by atomic mass is 9.87. The highest BCUT2D eigenvalue weighted by molar-refractivity contribution is 6.34. The van der Waals surface area contributed by atoms with Crippen LogP contribution in [0.5, 0.6) is 0 Å². The van der Waals surface area contributed by atoms with Crippen molar-refractivity contribution in [3.05, 3.63) is 58.1 Å². The quantitative estimate of drug-likeness (QED) is 0.780. The van der Waals surface area contributed by atoms with Gasteiger partial charge in [-0.1, -0.05) is 50.6 Å². The summed E-state index contributed by atoms with van der Waals surface area (Å²) in [6, 6.07) is 11.5. The molecule has 0 aliphatic heterocycles. The van der Waals surface area contributed by atoms with Gasteiger partial charge in [0.25, 0.3) is 0 Å². The second-order valence-electron chi connectivity index (χ2n) is 7.89. The summed E-state index contributed by atoms with van der Waals surface area (Å²) in [7, 11) is 0. The monoisotopic (exact) mass is 386 g/mol. The summed E-state index contributed by atoms with van der Waals surface area (Å²) in [5.41, 5.74) is 4.38. The summed E-state index contributed by atoms with van der Waals surface area (Å²) in [4.78, 5) is 26.1. The summed E-state index contributed by atoms with van der Waals surface area (Å²) in [6.07, 6.45) is 0. The van der Waals surface area contributed by atoms with Gasteiger partial charge in [-0.3, -0.25) is 9.59 Å². The zero-order valence-corrected chi connectivity index (χ0v) is 17.6. The molecular weight excluding hydrogens is 360 g/mol. The lowest BCUT2D eigenvalue weighted by Crippen LogP contribution is -2.37. The Morgan fingerprint density at radius 2 is 1.67 bits per heavy atom. The number of nitrogens with zero attached hydrogens (tertiary/aromatic N) is 1. The Morgan fingerprint density at radius 1 is 1.07 bits per heavy atom. The third-order valence-corrected chi connectivity index (χ3v) is 4.67. The Morgan fingerprint density at radius 3 is 2.15 bits per heavy atom. The highest BCUT2D eigenvalue weighted by Gasteiger charge is 2.21. The van der Waals surface area contributed by atoms with E-state index in [4.69, 9.17) is 11.6 Å². The Labute approximate surface area is 166 Å². The van der Waals surface area contributed by atoms with E-state index >= 15 is 0 Å². The maximum atomic E-state index is 12.5. The molecule has 0 aliphatic rings. The fourth-order valence-corrected chi connectivity index (χ4v) is 3.42. The Bertz CT molecular complexity index is 829. The van der Waals surface area contributed by atoms with Crippen LogP contribution in [0.3, 0.4) is 0 Å². The third kappa shape index (κ3) is 5.33. The molecule has 2 aromatic carbocycles. The van der Waals surface area contributed by atoms with Crippen molar-refractivity contribution in [3.63, 3.8) is 0 Å². The van der Waals surface area contributed by atoms with Crippen molar-refractivity contribution < 1.29 is 9.59 Å². The lowest BCUT2D eigenvalue weighted by Gasteiger charge is -2.24. The molecule has 5 heteroatoms. The molecule has 0 heterocycles. The Balaban J connectivity index is 2.18. The molecule has 0 spiro atoms. The smallest absolute Gasteiger partial charge is 0.244 e. The molecule has 0 unspecified atom stereocenters. The fourth-order valence-electron chi connectivity index (χ4n) is 3.00. The average Bonchev–Trinajstić information content (AvgIpc) is 2.52. The van der Waals surface area contributed by atoms with E-state index in [-0.39, 0.29) is 23.8 Å². The van der Waals surface area contributed by atoms with Gasteiger partial charge in [-0.15, -0.1) is 0 Å². The summed E-state index contributed by atoms with van der Waals surface area (Å²) in [6.45, 7) is 11.6. The van der Waals surface area contributed by atoms with Crippen LogP contribution < -0.4 is 10.2 Å². The molecule has 2 rings (SSSR count). The highest BCUT2D eigenvalue weighted by atomic mass is 35.5. The van der Waals surface area contributed by atoms with Gasteiger partial charge in [0.1, 0.15) is 6.54 Å². The molecule has 0 bridgehead atoms. The zero-order chi connectivity index (χ0) is 20.4. The second kappa shape index (κ2) is 8.13. The van der Waals surface area contributed by atoms with Crippen LogP contribution in [-0.4, -0.2) is 18.4 Å². The molecule has 0 atom stereocenters. The zero-order valence-electron chi connectivity index (χ0n) is 16.8. The Kier molecular flexibility index (Phi) is 6.32. The number of rotatable bonds is 4. The molecule has 2 aromatic rings. The van der Waals surface area contributed by atoms with E-state index in [1.165, 1.54) is 17.4 Å². The second-order valence-corrected chi connectivity index (χ2v) is 8.30. The minimum absolute atomic E-state index is 0.0493. The first-order valence-corrected chi connectivity index (χ1v) is 9.32. The molecule has 0 saturated heterocycles. The first-order chi connectivity index (χ1) is 12.5. The van der Waals surface area contributed by atoms with Crippen molar-refractivity contribution in [2.75, 3.05) is 16.8 Å². The fraction of sp³-hybridized carbons (Fsp3) is 0.364. The number of nitrogens with one attached hydrogen (secondary N) is 1. The molecule has 0 radical (unpaired) electrons. The molecule has 27 heavy (non-hydrogen) atoms. The van der Waals surface area contributed by atoms with Crippen LogP contribution in [0.4, 0.5) is 11.4 Å². The van der Waals surface area contributed by atoms with Gasteiger partial charge in [0.15, 0.2) is 0 Å². The van der Waals surface area contributed by atoms with Crippen LogP contribution in [0, 0.1) is 13.8 Å². The van der Waals surface area contributed by atoms with Crippen molar-refractivity contribution in [2.45, 2.75) is 47.0 Å². The van der Waals surface area contributed by atoms with Crippen LogP contribution in [0.25, 0.3) is 0 Å². The molecular formula is C22H27ClN2O2. The SMILES string of the molecule is CC(=O)N(CC(=O)Nc1ccc(C(C)(C)C)cc1)c1c(C)cc(C)cc1Cl.